The molecule has 0 saturated heterocycles. The number of nitrogens with one attached hydrogen (secondary N) is 2. The summed E-state index contributed by atoms with van der Waals surface area (Å²) >= 11 is 5.62. The van der Waals surface area contributed by atoms with Crippen LogP contribution in [0.2, 0.25) is 0 Å². The van der Waals surface area contributed by atoms with Crippen LogP contribution in [0.1, 0.15) is 48.8 Å². The topological polar surface area (TPSA) is 62.3 Å². The van der Waals surface area contributed by atoms with Gasteiger partial charge in [-0.2, -0.15) is 9.97 Å². The number of ether oxygens (including phenoxy) is 1. The van der Waals surface area contributed by atoms with Crippen molar-refractivity contribution in [3.63, 3.8) is 0 Å². The van der Waals surface area contributed by atoms with Gasteiger partial charge in [-0.15, -0.1) is 0 Å². The lowest BCUT2D eigenvalue weighted by molar-refractivity contribution is 0.292. The lowest BCUT2D eigenvalue weighted by atomic mass is 9.69. The minimum absolute atomic E-state index is 0.0700. The first-order chi connectivity index (χ1) is 17.0. The summed E-state index contributed by atoms with van der Waals surface area (Å²) in [5.74, 6) is 1.45. The Bertz CT molecular complexity index is 1170. The Morgan fingerprint density at radius 2 is 1.71 bits per heavy atom. The molecule has 1 aliphatic heterocycles. The van der Waals surface area contributed by atoms with Gasteiger partial charge in [0.2, 0.25) is 11.8 Å². The zero-order valence-corrected chi connectivity index (χ0v) is 20.7. The van der Waals surface area contributed by atoms with Gasteiger partial charge in [0.05, 0.1) is 7.11 Å². The lowest BCUT2D eigenvalue weighted by Crippen LogP contribution is -2.43. The summed E-state index contributed by atoms with van der Waals surface area (Å²) in [6, 6.07) is 17.2. The zero-order chi connectivity index (χ0) is 24.3. The van der Waals surface area contributed by atoms with Gasteiger partial charge in [-0.25, -0.2) is 4.39 Å². The van der Waals surface area contributed by atoms with Gasteiger partial charge in [-0.05, 0) is 53.9 Å². The van der Waals surface area contributed by atoms with Crippen LogP contribution in [0, 0.1) is 5.82 Å². The molecule has 2 heterocycles. The Labute approximate surface area is 210 Å². The maximum absolute atomic E-state index is 13.5. The Morgan fingerprint density at radius 1 is 1.03 bits per heavy atom. The average molecular weight is 492 g/mol. The molecule has 6 nitrogen and oxygen atoms in total. The maximum Gasteiger partial charge on any atom is 0.234 e. The van der Waals surface area contributed by atoms with E-state index in [2.05, 4.69) is 44.8 Å². The fourth-order valence-electron chi connectivity index (χ4n) is 5.23. The molecule has 2 aromatic carbocycles. The SMILES string of the molecule is COc1cc(N2Cc3ccccc3C2)nc(NC(=S)NCC2(c3ccc(F)cc3)CCCCC2)n1. The van der Waals surface area contributed by atoms with E-state index in [1.165, 1.54) is 17.5 Å². The van der Waals surface area contributed by atoms with Crippen LogP contribution in [0.4, 0.5) is 16.2 Å². The predicted octanol–water partition coefficient (Wildman–Crippen LogP) is 5.33. The Morgan fingerprint density at radius 3 is 2.37 bits per heavy atom. The van der Waals surface area contributed by atoms with Gasteiger partial charge < -0.3 is 20.3 Å². The van der Waals surface area contributed by atoms with Crippen LogP contribution in [0.15, 0.2) is 54.6 Å². The monoisotopic (exact) mass is 491 g/mol. The molecule has 0 radical (unpaired) electrons. The third kappa shape index (κ3) is 5.22. The number of thiocarbonyl (C=S) groups is 1. The first-order valence-corrected chi connectivity index (χ1v) is 12.5. The molecule has 0 amide bonds. The van der Waals surface area contributed by atoms with Crippen LogP contribution in [-0.2, 0) is 18.5 Å². The molecule has 0 unspecified atom stereocenters. The first-order valence-electron chi connectivity index (χ1n) is 12.1. The molecule has 1 saturated carbocycles. The molecule has 1 aliphatic carbocycles. The Balaban J connectivity index is 1.28. The highest BCUT2D eigenvalue weighted by Crippen LogP contribution is 2.39. The predicted molar refractivity (Wildman–Crippen MR) is 140 cm³/mol. The summed E-state index contributed by atoms with van der Waals surface area (Å²) < 4.78 is 19.0. The number of fused-ring (bicyclic) bond motifs is 1. The van der Waals surface area contributed by atoms with Gasteiger partial charge in [-0.3, -0.25) is 0 Å². The van der Waals surface area contributed by atoms with Gasteiger partial charge in [0, 0.05) is 31.1 Å². The third-order valence-corrected chi connectivity index (χ3v) is 7.39. The molecule has 2 N–H and O–H groups in total. The quantitative estimate of drug-likeness (QED) is 0.452. The number of aromatic nitrogens is 2. The molecular weight excluding hydrogens is 461 g/mol. The highest BCUT2D eigenvalue weighted by Gasteiger charge is 2.34. The van der Waals surface area contributed by atoms with Gasteiger partial charge in [0.15, 0.2) is 5.11 Å². The molecule has 3 aromatic rings. The number of benzene rings is 2. The van der Waals surface area contributed by atoms with E-state index in [1.807, 2.05) is 18.2 Å². The minimum Gasteiger partial charge on any atom is -0.481 e. The molecule has 0 bridgehead atoms. The summed E-state index contributed by atoms with van der Waals surface area (Å²) in [5.41, 5.74) is 3.69. The summed E-state index contributed by atoms with van der Waals surface area (Å²) in [5, 5.41) is 7.00. The molecule has 0 spiro atoms. The van der Waals surface area contributed by atoms with Crippen molar-refractivity contribution in [2.24, 2.45) is 0 Å². The smallest absolute Gasteiger partial charge is 0.234 e. The second-order valence-corrected chi connectivity index (χ2v) is 9.78. The van der Waals surface area contributed by atoms with Crippen molar-refractivity contribution in [2.45, 2.75) is 50.6 Å². The van der Waals surface area contributed by atoms with Gasteiger partial charge in [0.25, 0.3) is 0 Å². The maximum atomic E-state index is 13.5. The second kappa shape index (κ2) is 10.2. The van der Waals surface area contributed by atoms with Crippen molar-refractivity contribution < 1.29 is 9.13 Å². The number of hydrogen-bond donors (Lipinski definition) is 2. The minimum atomic E-state index is -0.211. The fourth-order valence-corrected chi connectivity index (χ4v) is 5.39. The molecule has 0 atom stereocenters. The van der Waals surface area contributed by atoms with E-state index in [9.17, 15) is 4.39 Å². The molecular formula is C27H30FN5OS. The van der Waals surface area contributed by atoms with Gasteiger partial charge in [-0.1, -0.05) is 55.7 Å². The number of methoxy groups -OCH3 is 1. The molecule has 8 heteroatoms. The number of anilines is 2. The second-order valence-electron chi connectivity index (χ2n) is 9.37. The average Bonchev–Trinajstić information content (AvgIpc) is 3.33. The largest absolute Gasteiger partial charge is 0.481 e. The van der Waals surface area contributed by atoms with Crippen LogP contribution < -0.4 is 20.3 Å². The van der Waals surface area contributed by atoms with E-state index < -0.39 is 0 Å². The highest BCUT2D eigenvalue weighted by molar-refractivity contribution is 7.80. The molecule has 1 aromatic heterocycles. The number of hydrogen-bond acceptors (Lipinski definition) is 5. The Kier molecular flexibility index (Phi) is 6.81. The summed E-state index contributed by atoms with van der Waals surface area (Å²) in [7, 11) is 1.60. The van der Waals surface area contributed by atoms with Crippen LogP contribution >= 0.6 is 12.2 Å². The van der Waals surface area contributed by atoms with E-state index in [-0.39, 0.29) is 11.2 Å². The van der Waals surface area contributed by atoms with Crippen LogP contribution in [0.5, 0.6) is 5.88 Å². The van der Waals surface area contributed by atoms with Gasteiger partial charge in [0.1, 0.15) is 11.6 Å². The normalized spacial score (nSPS) is 16.5. The van der Waals surface area contributed by atoms with Crippen molar-refractivity contribution in [3.05, 3.63) is 77.1 Å². The standard InChI is InChI=1S/C27H30FN5OS/c1-34-24-15-23(33-16-19-7-3-4-8-20(19)17-33)30-25(31-24)32-26(35)29-18-27(13-5-2-6-14-27)21-9-11-22(28)12-10-21/h3-4,7-12,15H,2,5-6,13-14,16-18H2,1H3,(H2,29,30,31,32,35). The van der Waals surface area contributed by atoms with Crippen LogP contribution in [0.25, 0.3) is 0 Å². The van der Waals surface area contributed by atoms with E-state index >= 15 is 0 Å². The Hall–Kier alpha value is -3.26. The van der Waals surface area contributed by atoms with Crippen molar-refractivity contribution in [2.75, 3.05) is 23.9 Å². The van der Waals surface area contributed by atoms with Crippen LogP contribution in [0.3, 0.4) is 0 Å². The molecule has 35 heavy (non-hydrogen) atoms. The summed E-state index contributed by atoms with van der Waals surface area (Å²) in [6.45, 7) is 2.25. The van der Waals surface area contributed by atoms with Crippen molar-refractivity contribution >= 4 is 29.1 Å². The van der Waals surface area contributed by atoms with E-state index in [4.69, 9.17) is 21.9 Å². The summed E-state index contributed by atoms with van der Waals surface area (Å²) in [6.07, 6.45) is 5.62. The van der Waals surface area contributed by atoms with Crippen LogP contribution in [-0.4, -0.2) is 28.7 Å². The van der Waals surface area contributed by atoms with Crippen molar-refractivity contribution in [1.29, 1.82) is 0 Å². The van der Waals surface area contributed by atoms with Crippen molar-refractivity contribution in [1.82, 2.24) is 15.3 Å². The first kappa shape index (κ1) is 23.5. The van der Waals surface area contributed by atoms with E-state index in [0.29, 0.717) is 23.5 Å². The summed E-state index contributed by atoms with van der Waals surface area (Å²) in [4.78, 5) is 11.4. The number of halogens is 1. The highest BCUT2D eigenvalue weighted by atomic mass is 32.1. The molecule has 182 valence electrons. The molecule has 5 rings (SSSR count). The van der Waals surface area contributed by atoms with E-state index in [1.54, 1.807) is 19.2 Å². The number of nitrogens with zero attached hydrogens (tertiary/aromatic N) is 3. The molecule has 2 aliphatic rings. The van der Waals surface area contributed by atoms with E-state index in [0.717, 1.165) is 50.2 Å². The third-order valence-electron chi connectivity index (χ3n) is 7.14. The number of rotatable bonds is 6. The molecule has 1 fully saturated rings. The van der Waals surface area contributed by atoms with Crippen molar-refractivity contribution in [3.8, 4) is 5.88 Å². The fraction of sp³-hybridized carbons (Fsp3) is 0.370. The lowest BCUT2D eigenvalue weighted by Gasteiger charge is -2.38. The van der Waals surface area contributed by atoms with Gasteiger partial charge >= 0.3 is 0 Å². The zero-order valence-electron chi connectivity index (χ0n) is 19.9.